The quantitative estimate of drug-likeness (QED) is 0.895. The van der Waals surface area contributed by atoms with Crippen LogP contribution in [0.5, 0.6) is 5.75 Å². The molecule has 0 aliphatic carbocycles. The molecule has 0 radical (unpaired) electrons. The van der Waals surface area contributed by atoms with Gasteiger partial charge in [0.15, 0.2) is 0 Å². The molecular weight excluding hydrogens is 314 g/mol. The molecule has 0 aliphatic rings. The second kappa shape index (κ2) is 6.91. The molecule has 20 heavy (non-hydrogen) atoms. The van der Waals surface area contributed by atoms with E-state index in [9.17, 15) is 0 Å². The van der Waals surface area contributed by atoms with Crippen molar-refractivity contribution in [3.63, 3.8) is 0 Å². The first-order valence-corrected chi connectivity index (χ1v) is 7.52. The van der Waals surface area contributed by atoms with E-state index in [2.05, 4.69) is 53.2 Å². The zero-order valence-corrected chi connectivity index (χ0v) is 13.5. The Morgan fingerprint density at radius 3 is 2.65 bits per heavy atom. The normalized spacial score (nSPS) is 12.2. The van der Waals surface area contributed by atoms with Crippen molar-refractivity contribution >= 4 is 15.9 Å². The van der Waals surface area contributed by atoms with Crippen LogP contribution >= 0.6 is 15.9 Å². The maximum atomic E-state index is 5.98. The predicted molar refractivity (Wildman–Crippen MR) is 87.4 cm³/mol. The number of hydrogen-bond acceptors (Lipinski definition) is 2. The topological polar surface area (TPSA) is 35.2 Å². The van der Waals surface area contributed by atoms with Crippen LogP contribution < -0.4 is 10.5 Å². The monoisotopic (exact) mass is 333 g/mol. The van der Waals surface area contributed by atoms with Crippen LogP contribution in [-0.2, 0) is 6.42 Å². The molecule has 2 rings (SSSR count). The Hall–Kier alpha value is -1.32. The smallest absolute Gasteiger partial charge is 0.122 e. The standard InChI is InChI=1S/C17H20BrNO/c1-12-6-7-17(20-2)14(8-12)9-15(11-19)13-4-3-5-16(18)10-13/h3-8,10,15H,9,11,19H2,1-2H3. The fraction of sp³-hybridized carbons (Fsp3) is 0.294. The SMILES string of the molecule is COc1ccc(C)cc1CC(CN)c1cccc(Br)c1. The number of benzene rings is 2. The minimum absolute atomic E-state index is 0.295. The van der Waals surface area contributed by atoms with Crippen molar-refractivity contribution in [3.05, 3.63) is 63.6 Å². The third-order valence-corrected chi connectivity index (χ3v) is 4.00. The molecule has 2 N–H and O–H groups in total. The molecule has 0 saturated heterocycles. The molecule has 2 aromatic rings. The van der Waals surface area contributed by atoms with Crippen molar-refractivity contribution in [1.29, 1.82) is 0 Å². The van der Waals surface area contributed by atoms with Crippen molar-refractivity contribution in [3.8, 4) is 5.75 Å². The van der Waals surface area contributed by atoms with Gasteiger partial charge in [-0.25, -0.2) is 0 Å². The van der Waals surface area contributed by atoms with Crippen LogP contribution in [0.3, 0.4) is 0 Å². The van der Waals surface area contributed by atoms with E-state index in [1.807, 2.05) is 12.1 Å². The van der Waals surface area contributed by atoms with Gasteiger partial charge in [0, 0.05) is 10.4 Å². The summed E-state index contributed by atoms with van der Waals surface area (Å²) in [6, 6.07) is 14.6. The Bertz CT molecular complexity index is 583. The fourth-order valence-electron chi connectivity index (χ4n) is 2.43. The van der Waals surface area contributed by atoms with E-state index in [-0.39, 0.29) is 0 Å². The van der Waals surface area contributed by atoms with Gasteiger partial charge in [-0.1, -0.05) is 45.8 Å². The van der Waals surface area contributed by atoms with Crippen molar-refractivity contribution in [2.24, 2.45) is 5.73 Å². The van der Waals surface area contributed by atoms with Gasteiger partial charge in [0.2, 0.25) is 0 Å². The van der Waals surface area contributed by atoms with E-state index >= 15 is 0 Å². The number of aryl methyl sites for hydroxylation is 1. The van der Waals surface area contributed by atoms with Gasteiger partial charge in [-0.2, -0.15) is 0 Å². The van der Waals surface area contributed by atoms with E-state index in [0.717, 1.165) is 16.6 Å². The zero-order chi connectivity index (χ0) is 14.5. The van der Waals surface area contributed by atoms with E-state index in [1.54, 1.807) is 7.11 Å². The molecule has 0 bridgehead atoms. The third-order valence-electron chi connectivity index (χ3n) is 3.51. The third kappa shape index (κ3) is 3.62. The predicted octanol–water partition coefficient (Wildman–Crippen LogP) is 4.05. The summed E-state index contributed by atoms with van der Waals surface area (Å²) in [6.07, 6.45) is 0.887. The Morgan fingerprint density at radius 1 is 1.20 bits per heavy atom. The van der Waals surface area contributed by atoms with Gasteiger partial charge in [-0.3, -0.25) is 0 Å². The average Bonchev–Trinajstić information content (AvgIpc) is 2.45. The first-order chi connectivity index (χ1) is 9.63. The van der Waals surface area contributed by atoms with Crippen molar-refractivity contribution in [2.75, 3.05) is 13.7 Å². The van der Waals surface area contributed by atoms with Gasteiger partial charge in [0.05, 0.1) is 7.11 Å². The van der Waals surface area contributed by atoms with E-state index < -0.39 is 0 Å². The summed E-state index contributed by atoms with van der Waals surface area (Å²) in [7, 11) is 1.71. The number of methoxy groups -OCH3 is 1. The largest absolute Gasteiger partial charge is 0.496 e. The molecule has 1 unspecified atom stereocenters. The summed E-state index contributed by atoms with van der Waals surface area (Å²) in [5, 5.41) is 0. The lowest BCUT2D eigenvalue weighted by atomic mass is 9.91. The fourth-order valence-corrected chi connectivity index (χ4v) is 2.85. The summed E-state index contributed by atoms with van der Waals surface area (Å²) in [6.45, 7) is 2.72. The average molecular weight is 334 g/mol. The first-order valence-electron chi connectivity index (χ1n) is 6.73. The number of halogens is 1. The molecule has 1 atom stereocenters. The van der Waals surface area contributed by atoms with E-state index in [1.165, 1.54) is 16.7 Å². The highest BCUT2D eigenvalue weighted by Gasteiger charge is 2.14. The van der Waals surface area contributed by atoms with Gasteiger partial charge in [0.25, 0.3) is 0 Å². The number of rotatable bonds is 5. The highest BCUT2D eigenvalue weighted by atomic mass is 79.9. The Labute approximate surface area is 129 Å². The van der Waals surface area contributed by atoms with Gasteiger partial charge >= 0.3 is 0 Å². The zero-order valence-electron chi connectivity index (χ0n) is 11.9. The van der Waals surface area contributed by atoms with Crippen LogP contribution in [0.4, 0.5) is 0 Å². The van der Waals surface area contributed by atoms with Gasteiger partial charge < -0.3 is 10.5 Å². The van der Waals surface area contributed by atoms with Crippen LogP contribution in [0.25, 0.3) is 0 Å². The van der Waals surface area contributed by atoms with Crippen LogP contribution in [-0.4, -0.2) is 13.7 Å². The van der Waals surface area contributed by atoms with Gasteiger partial charge in [-0.15, -0.1) is 0 Å². The molecule has 0 saturated carbocycles. The lowest BCUT2D eigenvalue weighted by Gasteiger charge is -2.18. The van der Waals surface area contributed by atoms with Gasteiger partial charge in [0.1, 0.15) is 5.75 Å². The Morgan fingerprint density at radius 2 is 2.00 bits per heavy atom. The molecule has 0 amide bonds. The summed E-state index contributed by atoms with van der Waals surface area (Å²) in [4.78, 5) is 0. The highest BCUT2D eigenvalue weighted by Crippen LogP contribution is 2.28. The molecule has 0 spiro atoms. The second-order valence-electron chi connectivity index (χ2n) is 5.01. The van der Waals surface area contributed by atoms with Crippen LogP contribution in [0.1, 0.15) is 22.6 Å². The van der Waals surface area contributed by atoms with Crippen molar-refractivity contribution in [1.82, 2.24) is 0 Å². The molecule has 2 aromatic carbocycles. The number of nitrogens with two attached hydrogens (primary N) is 1. The molecule has 106 valence electrons. The van der Waals surface area contributed by atoms with Gasteiger partial charge in [-0.05, 0) is 49.2 Å². The molecule has 0 aliphatic heterocycles. The van der Waals surface area contributed by atoms with Crippen LogP contribution in [0.15, 0.2) is 46.9 Å². The number of hydrogen-bond donors (Lipinski definition) is 1. The minimum Gasteiger partial charge on any atom is -0.496 e. The molecule has 0 aromatic heterocycles. The summed E-state index contributed by atoms with van der Waals surface area (Å²) >= 11 is 3.52. The molecule has 0 heterocycles. The Kier molecular flexibility index (Phi) is 5.21. The minimum atomic E-state index is 0.295. The maximum Gasteiger partial charge on any atom is 0.122 e. The summed E-state index contributed by atoms with van der Waals surface area (Å²) in [5.41, 5.74) is 9.68. The second-order valence-corrected chi connectivity index (χ2v) is 5.92. The first kappa shape index (κ1) is 15.1. The van der Waals surface area contributed by atoms with Crippen molar-refractivity contribution < 1.29 is 4.74 Å². The van der Waals surface area contributed by atoms with E-state index in [4.69, 9.17) is 10.5 Å². The van der Waals surface area contributed by atoms with Crippen LogP contribution in [0.2, 0.25) is 0 Å². The summed E-state index contributed by atoms with van der Waals surface area (Å²) < 4.78 is 6.54. The molecular formula is C17H20BrNO. The summed E-state index contributed by atoms with van der Waals surface area (Å²) in [5.74, 6) is 1.23. The molecule has 3 heteroatoms. The maximum absolute atomic E-state index is 5.98. The Balaban J connectivity index is 2.28. The lowest BCUT2D eigenvalue weighted by molar-refractivity contribution is 0.408. The highest BCUT2D eigenvalue weighted by molar-refractivity contribution is 9.10. The van der Waals surface area contributed by atoms with E-state index in [0.29, 0.717) is 12.5 Å². The molecule has 2 nitrogen and oxygen atoms in total. The van der Waals surface area contributed by atoms with Crippen molar-refractivity contribution in [2.45, 2.75) is 19.3 Å². The lowest BCUT2D eigenvalue weighted by Crippen LogP contribution is -2.15. The number of ether oxygens (including phenoxy) is 1. The molecule has 0 fully saturated rings. The van der Waals surface area contributed by atoms with Crippen LogP contribution in [0, 0.1) is 6.92 Å².